The second kappa shape index (κ2) is 9.25. The molecule has 2 aromatic rings. The van der Waals surface area contributed by atoms with Crippen molar-refractivity contribution in [2.45, 2.75) is 49.9 Å². The van der Waals surface area contributed by atoms with E-state index in [1.165, 1.54) is 22.4 Å². The predicted octanol–water partition coefficient (Wildman–Crippen LogP) is 3.06. The number of benzene rings is 1. The largest absolute Gasteiger partial charge is 0.379 e. The molecular formula is C22H29N3O2S. The van der Waals surface area contributed by atoms with E-state index in [4.69, 9.17) is 4.74 Å². The molecule has 1 aliphatic carbocycles. The van der Waals surface area contributed by atoms with Gasteiger partial charge >= 0.3 is 5.69 Å². The zero-order valence-corrected chi connectivity index (χ0v) is 17.5. The van der Waals surface area contributed by atoms with Gasteiger partial charge in [0, 0.05) is 43.2 Å². The summed E-state index contributed by atoms with van der Waals surface area (Å²) in [5.74, 6) is 0.861. The van der Waals surface area contributed by atoms with Gasteiger partial charge in [0.2, 0.25) is 0 Å². The topological polar surface area (TPSA) is 47.4 Å². The summed E-state index contributed by atoms with van der Waals surface area (Å²) in [6, 6.07) is 8.60. The fourth-order valence-corrected chi connectivity index (χ4v) is 5.08. The van der Waals surface area contributed by atoms with Crippen molar-refractivity contribution in [2.24, 2.45) is 0 Å². The lowest BCUT2D eigenvalue weighted by Gasteiger charge is -2.26. The molecule has 0 unspecified atom stereocenters. The molecular weight excluding hydrogens is 370 g/mol. The van der Waals surface area contributed by atoms with Gasteiger partial charge in [-0.15, -0.1) is 11.8 Å². The summed E-state index contributed by atoms with van der Waals surface area (Å²) in [7, 11) is 0. The molecule has 28 heavy (non-hydrogen) atoms. The van der Waals surface area contributed by atoms with Crippen LogP contribution in [0.25, 0.3) is 0 Å². The third-order valence-electron chi connectivity index (χ3n) is 5.66. The lowest BCUT2D eigenvalue weighted by Crippen LogP contribution is -2.37. The van der Waals surface area contributed by atoms with Crippen LogP contribution in [0.2, 0.25) is 0 Å². The van der Waals surface area contributed by atoms with Gasteiger partial charge in [0.05, 0.1) is 13.2 Å². The first kappa shape index (κ1) is 19.7. The maximum Gasteiger partial charge on any atom is 0.348 e. The zero-order valence-electron chi connectivity index (χ0n) is 16.7. The molecule has 1 fully saturated rings. The number of hydrogen-bond donors (Lipinski definition) is 0. The van der Waals surface area contributed by atoms with Crippen molar-refractivity contribution in [1.29, 1.82) is 0 Å². The molecule has 0 atom stereocenters. The van der Waals surface area contributed by atoms with E-state index < -0.39 is 0 Å². The van der Waals surface area contributed by atoms with Crippen LogP contribution < -0.4 is 5.69 Å². The Balaban J connectivity index is 1.43. The Kier molecular flexibility index (Phi) is 6.50. The van der Waals surface area contributed by atoms with E-state index in [1.54, 1.807) is 11.8 Å². The zero-order chi connectivity index (χ0) is 19.3. The molecule has 4 rings (SSSR count). The molecule has 1 aromatic heterocycles. The number of aromatic nitrogens is 2. The van der Waals surface area contributed by atoms with Gasteiger partial charge in [-0.25, -0.2) is 4.79 Å². The summed E-state index contributed by atoms with van der Waals surface area (Å²) in [4.78, 5) is 19.6. The molecule has 0 radical (unpaired) electrons. The van der Waals surface area contributed by atoms with Crippen molar-refractivity contribution < 1.29 is 4.74 Å². The number of thioether (sulfide) groups is 1. The summed E-state index contributed by atoms with van der Waals surface area (Å²) >= 11 is 1.71. The van der Waals surface area contributed by atoms with Crippen molar-refractivity contribution in [1.82, 2.24) is 14.5 Å². The summed E-state index contributed by atoms with van der Waals surface area (Å²) in [5, 5.41) is 0.947. The van der Waals surface area contributed by atoms with E-state index in [0.29, 0.717) is 0 Å². The highest BCUT2D eigenvalue weighted by atomic mass is 32.2. The van der Waals surface area contributed by atoms with Gasteiger partial charge in [-0.05, 0) is 38.2 Å². The highest BCUT2D eigenvalue weighted by molar-refractivity contribution is 7.98. The molecule has 1 saturated heterocycles. The van der Waals surface area contributed by atoms with E-state index in [9.17, 15) is 4.79 Å². The Labute approximate surface area is 171 Å². The highest BCUT2D eigenvalue weighted by Gasteiger charge is 2.22. The Morgan fingerprint density at radius 2 is 1.89 bits per heavy atom. The quantitative estimate of drug-likeness (QED) is 0.529. The number of fused-ring (bicyclic) bond motifs is 1. The van der Waals surface area contributed by atoms with Crippen LogP contribution in [-0.4, -0.2) is 47.3 Å². The summed E-state index contributed by atoms with van der Waals surface area (Å²) < 4.78 is 7.35. The van der Waals surface area contributed by atoms with Crippen LogP contribution in [0, 0.1) is 6.92 Å². The molecule has 6 heteroatoms. The molecule has 2 aliphatic rings. The highest BCUT2D eigenvalue weighted by Crippen LogP contribution is 2.31. The number of rotatable bonds is 7. The van der Waals surface area contributed by atoms with Gasteiger partial charge in [-0.3, -0.25) is 9.47 Å². The standard InChI is InChI=1S/C22H29N3O2S/c1-17-6-8-18(9-7-17)16-28-21-19-4-2-5-20(19)25(22(26)23-21)11-3-10-24-12-14-27-15-13-24/h6-9H,2-5,10-16H2,1H3. The fraction of sp³-hybridized carbons (Fsp3) is 0.545. The Morgan fingerprint density at radius 1 is 1.11 bits per heavy atom. The third-order valence-corrected chi connectivity index (χ3v) is 6.75. The van der Waals surface area contributed by atoms with Crippen LogP contribution >= 0.6 is 11.8 Å². The molecule has 0 saturated carbocycles. The minimum absolute atomic E-state index is 0.0750. The van der Waals surface area contributed by atoms with Crippen molar-refractivity contribution in [3.63, 3.8) is 0 Å². The third kappa shape index (κ3) is 4.67. The van der Waals surface area contributed by atoms with Gasteiger partial charge in [0.25, 0.3) is 0 Å². The van der Waals surface area contributed by atoms with Crippen molar-refractivity contribution in [3.8, 4) is 0 Å². The van der Waals surface area contributed by atoms with E-state index in [2.05, 4.69) is 41.1 Å². The molecule has 0 bridgehead atoms. The number of morpholine rings is 1. The number of aryl methyl sites for hydroxylation is 1. The van der Waals surface area contributed by atoms with Crippen LogP contribution in [0.3, 0.4) is 0 Å². The number of nitrogens with zero attached hydrogens (tertiary/aromatic N) is 3. The first-order valence-corrected chi connectivity index (χ1v) is 11.3. The maximum absolute atomic E-state index is 12.7. The average Bonchev–Trinajstić information content (AvgIpc) is 3.20. The number of ether oxygens (including phenoxy) is 1. The lowest BCUT2D eigenvalue weighted by atomic mass is 10.2. The van der Waals surface area contributed by atoms with E-state index >= 15 is 0 Å². The minimum Gasteiger partial charge on any atom is -0.379 e. The molecule has 2 heterocycles. The molecule has 1 aromatic carbocycles. The minimum atomic E-state index is -0.0750. The Hall–Kier alpha value is -1.63. The SMILES string of the molecule is Cc1ccc(CSc2nc(=O)n(CCCN3CCOCC3)c3c2CCC3)cc1. The molecule has 0 amide bonds. The van der Waals surface area contributed by atoms with Gasteiger partial charge in [-0.1, -0.05) is 29.8 Å². The molecule has 0 N–H and O–H groups in total. The normalized spacial score (nSPS) is 17.0. The van der Waals surface area contributed by atoms with Gasteiger partial charge in [-0.2, -0.15) is 4.98 Å². The average molecular weight is 400 g/mol. The maximum atomic E-state index is 12.7. The van der Waals surface area contributed by atoms with Crippen LogP contribution in [0.5, 0.6) is 0 Å². The number of hydrogen-bond acceptors (Lipinski definition) is 5. The van der Waals surface area contributed by atoms with Crippen LogP contribution in [0.1, 0.15) is 35.2 Å². The predicted molar refractivity (Wildman–Crippen MR) is 113 cm³/mol. The second-order valence-corrected chi connectivity index (χ2v) is 8.68. The fourth-order valence-electron chi connectivity index (χ4n) is 4.05. The molecule has 1 aliphatic heterocycles. The Bertz CT molecular complexity index is 857. The second-order valence-electron chi connectivity index (χ2n) is 7.71. The van der Waals surface area contributed by atoms with Crippen molar-refractivity contribution in [2.75, 3.05) is 32.8 Å². The summed E-state index contributed by atoms with van der Waals surface area (Å²) in [6.07, 6.45) is 4.16. The first-order chi connectivity index (χ1) is 13.7. The molecule has 5 nitrogen and oxygen atoms in total. The first-order valence-electron chi connectivity index (χ1n) is 10.3. The van der Waals surface area contributed by atoms with Gasteiger partial charge < -0.3 is 4.74 Å². The Morgan fingerprint density at radius 3 is 2.68 bits per heavy atom. The van der Waals surface area contributed by atoms with Crippen LogP contribution in [0.15, 0.2) is 34.1 Å². The van der Waals surface area contributed by atoms with Crippen molar-refractivity contribution >= 4 is 11.8 Å². The van der Waals surface area contributed by atoms with Crippen molar-refractivity contribution in [3.05, 3.63) is 57.1 Å². The molecule has 0 spiro atoms. The smallest absolute Gasteiger partial charge is 0.348 e. The van der Waals surface area contributed by atoms with Gasteiger partial charge in [0.15, 0.2) is 0 Å². The molecule has 150 valence electrons. The van der Waals surface area contributed by atoms with Crippen LogP contribution in [0.4, 0.5) is 0 Å². The van der Waals surface area contributed by atoms with E-state index in [1.807, 2.05) is 4.57 Å². The van der Waals surface area contributed by atoms with Gasteiger partial charge in [0.1, 0.15) is 5.03 Å². The van der Waals surface area contributed by atoms with E-state index in [0.717, 1.165) is 75.9 Å². The summed E-state index contributed by atoms with van der Waals surface area (Å²) in [5.41, 5.74) is 5.01. The monoisotopic (exact) mass is 399 g/mol. The van der Waals surface area contributed by atoms with Crippen LogP contribution in [-0.2, 0) is 29.9 Å². The lowest BCUT2D eigenvalue weighted by molar-refractivity contribution is 0.0368. The van der Waals surface area contributed by atoms with E-state index in [-0.39, 0.29) is 5.69 Å². The summed E-state index contributed by atoms with van der Waals surface area (Å²) in [6.45, 7) is 7.54.